The van der Waals surface area contributed by atoms with Gasteiger partial charge in [-0.05, 0) is 12.1 Å². The van der Waals surface area contributed by atoms with Crippen LogP contribution in [-0.2, 0) is 18.0 Å². The molecule has 1 aliphatic heterocycles. The number of carbonyl (C=O) groups is 2. The van der Waals surface area contributed by atoms with E-state index in [2.05, 4.69) is 10.1 Å². The third kappa shape index (κ3) is 3.75. The molecule has 2 aromatic rings. The smallest absolute Gasteiger partial charge is 0.431 e. The van der Waals surface area contributed by atoms with E-state index in [1.54, 1.807) is 0 Å². The normalized spacial score (nSPS) is 14.1. The summed E-state index contributed by atoms with van der Waals surface area (Å²) in [6.07, 6.45) is -5.92. The number of ether oxygens (including phenoxy) is 1. The van der Waals surface area contributed by atoms with Gasteiger partial charge in [-0.3, -0.25) is 9.36 Å². The van der Waals surface area contributed by atoms with E-state index in [1.807, 2.05) is 0 Å². The number of urea groups is 1. The van der Waals surface area contributed by atoms with Gasteiger partial charge in [0, 0.05) is 13.1 Å². The van der Waals surface area contributed by atoms with Crippen LogP contribution in [0.1, 0.15) is 5.69 Å². The molecule has 2 heterocycles. The fourth-order valence-corrected chi connectivity index (χ4v) is 2.88. The molecule has 0 spiro atoms. The number of benzene rings is 1. The maximum absolute atomic E-state index is 14.4. The Bertz CT molecular complexity index is 1170. The highest BCUT2D eigenvalue weighted by Crippen LogP contribution is 2.29. The zero-order valence-electron chi connectivity index (χ0n) is 14.9. The number of imide groups is 1. The zero-order valence-corrected chi connectivity index (χ0v) is 15.7. The van der Waals surface area contributed by atoms with Crippen molar-refractivity contribution >= 4 is 29.4 Å². The second-order valence-corrected chi connectivity index (χ2v) is 6.43. The van der Waals surface area contributed by atoms with Crippen LogP contribution in [0.3, 0.4) is 0 Å². The summed E-state index contributed by atoms with van der Waals surface area (Å²) >= 11 is 5.86. The molecule has 1 N–H and O–H groups in total. The highest BCUT2D eigenvalue weighted by Gasteiger charge is 2.35. The molecule has 0 atom stereocenters. The molecule has 0 radical (unpaired) electrons. The molecule has 3 amide bonds. The average molecular weight is 451 g/mol. The van der Waals surface area contributed by atoms with Gasteiger partial charge >= 0.3 is 24.0 Å². The Morgan fingerprint density at radius 3 is 2.43 bits per heavy atom. The molecule has 1 aromatic heterocycles. The third-order valence-corrected chi connectivity index (χ3v) is 4.45. The number of anilines is 1. The molecule has 3 rings (SSSR count). The fraction of sp³-hybridized carbons (Fsp3) is 0.250. The van der Waals surface area contributed by atoms with Crippen molar-refractivity contribution in [2.75, 3.05) is 18.5 Å². The summed E-state index contributed by atoms with van der Waals surface area (Å²) in [5.41, 5.74) is -5.50. The molecule has 1 aliphatic rings. The second-order valence-electron chi connectivity index (χ2n) is 6.02. The van der Waals surface area contributed by atoms with Crippen molar-refractivity contribution in [1.29, 1.82) is 0 Å². The van der Waals surface area contributed by atoms with Crippen molar-refractivity contribution in [2.45, 2.75) is 6.18 Å². The van der Waals surface area contributed by atoms with Crippen LogP contribution < -0.4 is 16.6 Å². The van der Waals surface area contributed by atoms with E-state index in [4.69, 9.17) is 11.6 Å². The predicted molar refractivity (Wildman–Crippen MR) is 94.3 cm³/mol. The molecule has 1 saturated heterocycles. The molecular weight excluding hydrogens is 440 g/mol. The van der Waals surface area contributed by atoms with E-state index in [-0.39, 0.29) is 39.1 Å². The quantitative estimate of drug-likeness (QED) is 0.707. The van der Waals surface area contributed by atoms with Gasteiger partial charge in [0.2, 0.25) is 0 Å². The third-order valence-electron chi connectivity index (χ3n) is 4.14. The van der Waals surface area contributed by atoms with Crippen LogP contribution in [0.5, 0.6) is 0 Å². The van der Waals surface area contributed by atoms with Gasteiger partial charge in [-0.25, -0.2) is 28.2 Å². The largest absolute Gasteiger partial charge is 0.447 e. The first kappa shape index (κ1) is 21.4. The lowest BCUT2D eigenvalue weighted by Crippen LogP contribution is -2.41. The Hall–Kier alpha value is -3.35. The van der Waals surface area contributed by atoms with Crippen LogP contribution in [0.2, 0.25) is 5.02 Å². The minimum absolute atomic E-state index is 0.0361. The number of halogens is 5. The van der Waals surface area contributed by atoms with Crippen molar-refractivity contribution < 1.29 is 31.9 Å². The molecule has 0 bridgehead atoms. The topological polar surface area (TPSA) is 103 Å². The predicted octanol–water partition coefficient (Wildman–Crippen LogP) is 2.33. The van der Waals surface area contributed by atoms with Gasteiger partial charge in [0.15, 0.2) is 0 Å². The van der Waals surface area contributed by atoms with Gasteiger partial charge in [-0.2, -0.15) is 13.2 Å². The van der Waals surface area contributed by atoms with Crippen LogP contribution in [0.15, 0.2) is 27.8 Å². The summed E-state index contributed by atoms with van der Waals surface area (Å²) in [5, 5.41) is 1.84. The Labute approximate surface area is 169 Å². The van der Waals surface area contributed by atoms with E-state index >= 15 is 0 Å². The minimum Gasteiger partial charge on any atom is -0.447 e. The van der Waals surface area contributed by atoms with Crippen molar-refractivity contribution in [3.8, 4) is 5.69 Å². The summed E-state index contributed by atoms with van der Waals surface area (Å²) in [4.78, 5) is 48.8. The number of rotatable bonds is 2. The van der Waals surface area contributed by atoms with Crippen LogP contribution in [0.4, 0.5) is 32.8 Å². The summed E-state index contributed by atoms with van der Waals surface area (Å²) < 4.78 is 58.2. The van der Waals surface area contributed by atoms with Gasteiger partial charge in [-0.15, -0.1) is 0 Å². The standard InChI is InChI=1S/C16H11ClF4N4O5/c1-23-11(16(19,20)21)6-12(26)25(14(23)28)10-5-9(7(17)4-8(10)18)22-13(27)24-2-3-30-15(24)29/h4-6H,2-3H2,1H3,(H,22,27). The number of cyclic esters (lactones) is 1. The lowest BCUT2D eigenvalue weighted by molar-refractivity contribution is -0.144. The molecule has 160 valence electrons. The summed E-state index contributed by atoms with van der Waals surface area (Å²) in [6.45, 7) is -0.0963. The SMILES string of the molecule is Cn1c(C(F)(F)F)cc(=O)n(-c2cc(NC(=O)N3CCOC3=O)c(Cl)cc2F)c1=O. The van der Waals surface area contributed by atoms with E-state index < -0.39 is 46.7 Å². The molecule has 14 heteroatoms. The first-order chi connectivity index (χ1) is 13.9. The van der Waals surface area contributed by atoms with Gasteiger partial charge < -0.3 is 10.1 Å². The number of hydrogen-bond donors (Lipinski definition) is 1. The Kier molecular flexibility index (Phi) is 5.33. The number of nitrogens with zero attached hydrogens (tertiary/aromatic N) is 3. The second kappa shape index (κ2) is 7.48. The van der Waals surface area contributed by atoms with E-state index in [0.717, 1.165) is 13.1 Å². The average Bonchev–Trinajstić information content (AvgIpc) is 3.07. The highest BCUT2D eigenvalue weighted by atomic mass is 35.5. The summed E-state index contributed by atoms with van der Waals surface area (Å²) in [6, 6.07) is 0.587. The van der Waals surface area contributed by atoms with Gasteiger partial charge in [0.05, 0.1) is 22.9 Å². The van der Waals surface area contributed by atoms with Crippen LogP contribution in [-0.4, -0.2) is 39.3 Å². The van der Waals surface area contributed by atoms with Gasteiger partial charge in [0.25, 0.3) is 5.56 Å². The van der Waals surface area contributed by atoms with E-state index in [1.165, 1.54) is 0 Å². The number of nitrogens with one attached hydrogen (secondary N) is 1. The number of alkyl halides is 3. The number of hydrogen-bond acceptors (Lipinski definition) is 5. The Morgan fingerprint density at radius 2 is 1.87 bits per heavy atom. The molecule has 1 aromatic carbocycles. The van der Waals surface area contributed by atoms with Crippen LogP contribution in [0.25, 0.3) is 5.69 Å². The van der Waals surface area contributed by atoms with Crippen LogP contribution in [0, 0.1) is 5.82 Å². The molecule has 0 aliphatic carbocycles. The number of carbonyl (C=O) groups excluding carboxylic acids is 2. The first-order valence-corrected chi connectivity index (χ1v) is 8.44. The number of amides is 3. The number of aromatic nitrogens is 2. The Balaban J connectivity index is 2.10. The molecule has 0 saturated carbocycles. The summed E-state index contributed by atoms with van der Waals surface area (Å²) in [5.74, 6) is -1.21. The maximum Gasteiger partial charge on any atom is 0.431 e. The van der Waals surface area contributed by atoms with Gasteiger partial charge in [0.1, 0.15) is 18.1 Å². The first-order valence-electron chi connectivity index (χ1n) is 8.06. The lowest BCUT2D eigenvalue weighted by Gasteiger charge is -2.16. The highest BCUT2D eigenvalue weighted by molar-refractivity contribution is 6.33. The minimum atomic E-state index is -4.99. The Morgan fingerprint density at radius 1 is 1.20 bits per heavy atom. The van der Waals surface area contributed by atoms with E-state index in [0.29, 0.717) is 11.0 Å². The van der Waals surface area contributed by atoms with E-state index in [9.17, 15) is 36.7 Å². The molecule has 0 unspecified atom stereocenters. The molecule has 9 nitrogen and oxygen atoms in total. The maximum atomic E-state index is 14.4. The van der Waals surface area contributed by atoms with Gasteiger partial charge in [-0.1, -0.05) is 11.6 Å². The van der Waals surface area contributed by atoms with Crippen molar-refractivity contribution in [3.63, 3.8) is 0 Å². The van der Waals surface area contributed by atoms with Crippen molar-refractivity contribution in [3.05, 3.63) is 55.6 Å². The zero-order chi connectivity index (χ0) is 22.4. The fourth-order valence-electron chi connectivity index (χ4n) is 2.68. The van der Waals surface area contributed by atoms with Crippen LogP contribution >= 0.6 is 11.6 Å². The van der Waals surface area contributed by atoms with Crippen molar-refractivity contribution in [2.24, 2.45) is 7.05 Å². The van der Waals surface area contributed by atoms with Crippen molar-refractivity contribution in [1.82, 2.24) is 14.0 Å². The lowest BCUT2D eigenvalue weighted by atomic mass is 10.2. The molecule has 30 heavy (non-hydrogen) atoms. The molecular formula is C16H11ClF4N4O5. The summed E-state index contributed by atoms with van der Waals surface area (Å²) in [7, 11) is 0.761. The molecule has 1 fully saturated rings. The monoisotopic (exact) mass is 450 g/mol.